The molecule has 0 heterocycles. The van der Waals surface area contributed by atoms with Gasteiger partial charge in [0, 0.05) is 19.3 Å². The molecule has 6 nitrogen and oxygen atoms in total. The van der Waals surface area contributed by atoms with E-state index < -0.39 is 6.10 Å². The van der Waals surface area contributed by atoms with Crippen LogP contribution in [-0.4, -0.2) is 37.2 Å². The summed E-state index contributed by atoms with van der Waals surface area (Å²) in [7, 11) is 0. The van der Waals surface area contributed by atoms with E-state index in [1.165, 1.54) is 32.1 Å². The molecule has 78 heavy (non-hydrogen) atoms. The number of rotatable bonds is 54. The molecule has 0 aromatic heterocycles. The van der Waals surface area contributed by atoms with Crippen molar-refractivity contribution in [3.63, 3.8) is 0 Å². The quantitative estimate of drug-likeness (QED) is 0.0261. The van der Waals surface area contributed by atoms with Crippen LogP contribution in [-0.2, 0) is 28.6 Å². The Hall–Kier alpha value is -5.23. The molecular formula is C72H112O6. The second kappa shape index (κ2) is 64.3. The number of ether oxygens (including phenoxy) is 3. The van der Waals surface area contributed by atoms with Crippen molar-refractivity contribution in [2.75, 3.05) is 13.2 Å². The van der Waals surface area contributed by atoms with Gasteiger partial charge in [-0.15, -0.1) is 0 Å². The lowest BCUT2D eigenvalue weighted by atomic mass is 10.1. The molecule has 0 aromatic rings. The van der Waals surface area contributed by atoms with Gasteiger partial charge in [0.05, 0.1) is 0 Å². The maximum atomic E-state index is 12.9. The van der Waals surface area contributed by atoms with Crippen LogP contribution in [0.1, 0.15) is 245 Å². The SMILES string of the molecule is CC/C=C\C/C=C\C/C=C\C/C=C\C/C=C\C/C=C\C/C=C\C/C=C\CCCCCCC(=O)OCC(COC(=O)CCCCCCCCCC)OC(=O)CCCCCC/C=C\C/C=C\C/C=C\C/C=C\C/C=C\C/C=C\CC. The Morgan fingerprint density at radius 3 is 0.782 bits per heavy atom. The molecule has 436 valence electrons. The monoisotopic (exact) mass is 1070 g/mol. The van der Waals surface area contributed by atoms with Crippen LogP contribution in [0.4, 0.5) is 0 Å². The highest BCUT2D eigenvalue weighted by Crippen LogP contribution is 2.13. The van der Waals surface area contributed by atoms with Crippen molar-refractivity contribution in [1.82, 2.24) is 0 Å². The first-order valence-corrected chi connectivity index (χ1v) is 31.1. The van der Waals surface area contributed by atoms with Gasteiger partial charge in [0.25, 0.3) is 0 Å². The van der Waals surface area contributed by atoms with E-state index in [4.69, 9.17) is 14.2 Å². The molecule has 0 fully saturated rings. The number of allylic oxidation sites excluding steroid dienone is 28. The number of carbonyl (C=O) groups is 3. The number of hydrogen-bond donors (Lipinski definition) is 0. The van der Waals surface area contributed by atoms with Crippen LogP contribution in [0.3, 0.4) is 0 Å². The minimum absolute atomic E-state index is 0.104. The average molecular weight is 1070 g/mol. The van der Waals surface area contributed by atoms with E-state index in [-0.39, 0.29) is 37.5 Å². The zero-order valence-electron chi connectivity index (χ0n) is 49.9. The maximum absolute atomic E-state index is 12.9. The van der Waals surface area contributed by atoms with Gasteiger partial charge in [0.15, 0.2) is 6.10 Å². The summed E-state index contributed by atoms with van der Waals surface area (Å²) in [6.07, 6.45) is 95.1. The third-order valence-electron chi connectivity index (χ3n) is 12.5. The van der Waals surface area contributed by atoms with Crippen LogP contribution in [0.5, 0.6) is 0 Å². The van der Waals surface area contributed by atoms with Gasteiger partial charge >= 0.3 is 17.9 Å². The molecule has 6 heteroatoms. The predicted octanol–water partition coefficient (Wildman–Crippen LogP) is 21.5. The van der Waals surface area contributed by atoms with E-state index in [1.54, 1.807) is 0 Å². The zero-order valence-corrected chi connectivity index (χ0v) is 49.9. The maximum Gasteiger partial charge on any atom is 0.306 e. The molecule has 1 atom stereocenters. The van der Waals surface area contributed by atoms with Gasteiger partial charge in [-0.25, -0.2) is 0 Å². The zero-order chi connectivity index (χ0) is 56.4. The topological polar surface area (TPSA) is 78.9 Å². The molecule has 1 unspecified atom stereocenters. The second-order valence-electron chi connectivity index (χ2n) is 19.9. The predicted molar refractivity (Wildman–Crippen MR) is 338 cm³/mol. The second-order valence-corrected chi connectivity index (χ2v) is 19.9. The van der Waals surface area contributed by atoms with E-state index in [2.05, 4.69) is 191 Å². The van der Waals surface area contributed by atoms with Crippen LogP contribution in [0.15, 0.2) is 170 Å². The molecule has 0 saturated carbocycles. The Bertz CT molecular complexity index is 1810. The van der Waals surface area contributed by atoms with Crippen LogP contribution in [0.25, 0.3) is 0 Å². The Kier molecular flexibility index (Phi) is 60.0. The molecular weight excluding hydrogens is 961 g/mol. The van der Waals surface area contributed by atoms with Gasteiger partial charge in [-0.3, -0.25) is 14.4 Å². The van der Waals surface area contributed by atoms with Crippen molar-refractivity contribution in [2.24, 2.45) is 0 Å². The smallest absolute Gasteiger partial charge is 0.306 e. The first-order valence-electron chi connectivity index (χ1n) is 31.1. The highest BCUT2D eigenvalue weighted by Gasteiger charge is 2.19. The van der Waals surface area contributed by atoms with E-state index in [9.17, 15) is 14.4 Å². The Morgan fingerprint density at radius 1 is 0.269 bits per heavy atom. The largest absolute Gasteiger partial charge is 0.462 e. The van der Waals surface area contributed by atoms with Gasteiger partial charge in [-0.05, 0) is 135 Å². The van der Waals surface area contributed by atoms with Crippen molar-refractivity contribution in [2.45, 2.75) is 252 Å². The summed E-state index contributed by atoms with van der Waals surface area (Å²) >= 11 is 0. The first-order chi connectivity index (χ1) is 38.5. The number of unbranched alkanes of at least 4 members (excludes halogenated alkanes) is 15. The van der Waals surface area contributed by atoms with Gasteiger partial charge in [0.1, 0.15) is 13.2 Å². The van der Waals surface area contributed by atoms with Crippen LogP contribution < -0.4 is 0 Å². The Morgan fingerprint density at radius 2 is 0.500 bits per heavy atom. The molecule has 0 aromatic carbocycles. The van der Waals surface area contributed by atoms with Gasteiger partial charge in [0.2, 0.25) is 0 Å². The molecule has 0 amide bonds. The van der Waals surface area contributed by atoms with Crippen LogP contribution >= 0.6 is 0 Å². The molecule has 0 radical (unpaired) electrons. The summed E-state index contributed by atoms with van der Waals surface area (Å²) in [4.78, 5) is 38.1. The van der Waals surface area contributed by atoms with Crippen molar-refractivity contribution < 1.29 is 28.6 Å². The van der Waals surface area contributed by atoms with Crippen molar-refractivity contribution >= 4 is 17.9 Å². The first kappa shape index (κ1) is 72.8. The van der Waals surface area contributed by atoms with Crippen LogP contribution in [0, 0.1) is 0 Å². The van der Waals surface area contributed by atoms with E-state index in [0.717, 1.165) is 173 Å². The fourth-order valence-corrected chi connectivity index (χ4v) is 7.87. The minimum Gasteiger partial charge on any atom is -0.462 e. The Labute approximate surface area is 479 Å². The Balaban J connectivity index is 4.36. The molecule has 0 N–H and O–H groups in total. The highest BCUT2D eigenvalue weighted by molar-refractivity contribution is 5.71. The molecule has 0 aliphatic carbocycles. The highest BCUT2D eigenvalue weighted by atomic mass is 16.6. The molecule has 0 rings (SSSR count). The molecule has 0 aliphatic heterocycles. The molecule has 0 saturated heterocycles. The average Bonchev–Trinajstić information content (AvgIpc) is 3.44. The lowest BCUT2D eigenvalue weighted by molar-refractivity contribution is -0.167. The van der Waals surface area contributed by atoms with E-state index in [0.29, 0.717) is 12.8 Å². The number of carbonyl (C=O) groups excluding carboxylic acids is 3. The fraction of sp³-hybridized carbons (Fsp3) is 0.569. The third-order valence-corrected chi connectivity index (χ3v) is 12.5. The number of hydrogen-bond acceptors (Lipinski definition) is 6. The normalized spacial score (nSPS) is 13.3. The molecule has 0 bridgehead atoms. The standard InChI is InChI=1S/C72H112O6/c1-4-7-10-13-16-19-21-23-25-27-29-31-33-34-35-36-37-38-40-41-43-45-47-49-51-53-56-59-62-65-71(74)77-68-69(67-76-70(73)64-61-58-55-18-15-12-9-6-3)78-72(75)66-63-60-57-54-52-50-48-46-44-42-39-32-30-28-26-24-22-20-17-14-11-8-5-2/h7-8,10-11,16-17,19-20,23-26,29-32,34-35,37-38,41-44,47-50,69H,4-6,9,12-15,18,21-22,27-28,33,36,39-40,45-46,51-68H2,1-3H3/b10-7-,11-8-,19-16-,20-17-,25-23-,26-24-,31-29-,32-30-,35-34-,38-37-,43-41-,44-42-,49-47-,50-48-. The minimum atomic E-state index is -0.810. The van der Waals surface area contributed by atoms with Crippen LogP contribution in [0.2, 0.25) is 0 Å². The van der Waals surface area contributed by atoms with Gasteiger partial charge < -0.3 is 14.2 Å². The van der Waals surface area contributed by atoms with Crippen molar-refractivity contribution in [1.29, 1.82) is 0 Å². The van der Waals surface area contributed by atoms with Crippen molar-refractivity contribution in [3.8, 4) is 0 Å². The fourth-order valence-electron chi connectivity index (χ4n) is 7.87. The number of esters is 3. The summed E-state index contributed by atoms with van der Waals surface area (Å²) in [5, 5.41) is 0. The van der Waals surface area contributed by atoms with E-state index >= 15 is 0 Å². The van der Waals surface area contributed by atoms with E-state index in [1.807, 2.05) is 0 Å². The molecule has 0 spiro atoms. The van der Waals surface area contributed by atoms with Gasteiger partial charge in [-0.2, -0.15) is 0 Å². The summed E-state index contributed by atoms with van der Waals surface area (Å²) in [5.74, 6) is -0.967. The van der Waals surface area contributed by atoms with Gasteiger partial charge in [-0.1, -0.05) is 262 Å². The summed E-state index contributed by atoms with van der Waals surface area (Å²) < 4.78 is 16.8. The lowest BCUT2D eigenvalue weighted by Gasteiger charge is -2.18. The molecule has 0 aliphatic rings. The lowest BCUT2D eigenvalue weighted by Crippen LogP contribution is -2.30. The third kappa shape index (κ3) is 61.6. The van der Waals surface area contributed by atoms with Crippen molar-refractivity contribution in [3.05, 3.63) is 170 Å². The summed E-state index contributed by atoms with van der Waals surface area (Å²) in [5.41, 5.74) is 0. The summed E-state index contributed by atoms with van der Waals surface area (Å²) in [6, 6.07) is 0. The summed E-state index contributed by atoms with van der Waals surface area (Å²) in [6.45, 7) is 6.32.